The lowest BCUT2D eigenvalue weighted by atomic mass is 9.91. The Morgan fingerprint density at radius 1 is 1.43 bits per heavy atom. The Labute approximate surface area is 81.4 Å². The van der Waals surface area contributed by atoms with Crippen LogP contribution in [0.5, 0.6) is 0 Å². The fraction of sp³-hybridized carbons (Fsp3) is 0.400. The van der Waals surface area contributed by atoms with Gasteiger partial charge in [0.1, 0.15) is 17.2 Å². The van der Waals surface area contributed by atoms with Crippen molar-refractivity contribution in [2.75, 3.05) is 6.54 Å². The molecule has 0 aliphatic carbocycles. The van der Waals surface area contributed by atoms with Crippen LogP contribution in [0, 0.1) is 11.6 Å². The Balaban J connectivity index is 3.17. The molecule has 0 heterocycles. The highest BCUT2D eigenvalue weighted by molar-refractivity contribution is 5.25. The first-order chi connectivity index (χ1) is 6.53. The summed E-state index contributed by atoms with van der Waals surface area (Å²) in [5.41, 5.74) is 3.99. The molecule has 1 atom stereocenters. The van der Waals surface area contributed by atoms with Gasteiger partial charge in [-0.25, -0.2) is 8.78 Å². The van der Waals surface area contributed by atoms with Crippen LogP contribution in [0.4, 0.5) is 8.78 Å². The van der Waals surface area contributed by atoms with Crippen molar-refractivity contribution in [3.8, 4) is 0 Å². The van der Waals surface area contributed by atoms with E-state index in [9.17, 15) is 13.9 Å². The van der Waals surface area contributed by atoms with Gasteiger partial charge < -0.3 is 10.8 Å². The molecular weight excluding hydrogens is 188 g/mol. The predicted molar refractivity (Wildman–Crippen MR) is 49.6 cm³/mol. The van der Waals surface area contributed by atoms with Gasteiger partial charge in [0.25, 0.3) is 0 Å². The van der Waals surface area contributed by atoms with E-state index < -0.39 is 17.2 Å². The van der Waals surface area contributed by atoms with Gasteiger partial charge in [0, 0.05) is 18.2 Å². The van der Waals surface area contributed by atoms with E-state index >= 15 is 0 Å². The molecule has 0 amide bonds. The van der Waals surface area contributed by atoms with Gasteiger partial charge in [-0.1, -0.05) is 13.0 Å². The summed E-state index contributed by atoms with van der Waals surface area (Å²) in [5, 5.41) is 9.88. The lowest BCUT2D eigenvalue weighted by Gasteiger charge is -2.25. The average molecular weight is 201 g/mol. The molecule has 14 heavy (non-hydrogen) atoms. The first-order valence-electron chi connectivity index (χ1n) is 4.41. The molecule has 0 aliphatic heterocycles. The molecule has 1 rings (SSSR count). The van der Waals surface area contributed by atoms with E-state index in [1.54, 1.807) is 6.92 Å². The van der Waals surface area contributed by atoms with Gasteiger partial charge in [-0.2, -0.15) is 0 Å². The van der Waals surface area contributed by atoms with E-state index in [0.29, 0.717) is 0 Å². The van der Waals surface area contributed by atoms with Crippen LogP contribution in [-0.4, -0.2) is 11.7 Å². The maximum absolute atomic E-state index is 13.3. The standard InChI is InChI=1S/C10H13F2NO/c1-2-10(14,6-13)8-4-3-7(11)5-9(8)12/h3-5,14H,2,6,13H2,1H3. The Hall–Kier alpha value is -1.00. The average Bonchev–Trinajstić information content (AvgIpc) is 2.17. The fourth-order valence-corrected chi connectivity index (χ4v) is 1.31. The van der Waals surface area contributed by atoms with Crippen molar-refractivity contribution in [3.63, 3.8) is 0 Å². The molecule has 0 spiro atoms. The Morgan fingerprint density at radius 2 is 2.07 bits per heavy atom. The third kappa shape index (κ3) is 1.91. The minimum atomic E-state index is -1.40. The minimum Gasteiger partial charge on any atom is -0.384 e. The second kappa shape index (κ2) is 4.02. The highest BCUT2D eigenvalue weighted by atomic mass is 19.1. The van der Waals surface area contributed by atoms with Crippen LogP contribution in [0.2, 0.25) is 0 Å². The molecule has 0 aromatic heterocycles. The summed E-state index contributed by atoms with van der Waals surface area (Å²) < 4.78 is 25.9. The fourth-order valence-electron chi connectivity index (χ4n) is 1.31. The third-order valence-electron chi connectivity index (χ3n) is 2.36. The predicted octanol–water partition coefficient (Wildman–Crippen LogP) is 1.52. The van der Waals surface area contributed by atoms with Crippen LogP contribution in [-0.2, 0) is 5.60 Å². The highest BCUT2D eigenvalue weighted by Crippen LogP contribution is 2.26. The Kier molecular flexibility index (Phi) is 3.18. The maximum Gasteiger partial charge on any atom is 0.132 e. The molecule has 0 saturated heterocycles. The van der Waals surface area contributed by atoms with Crippen LogP contribution in [0.25, 0.3) is 0 Å². The van der Waals surface area contributed by atoms with Gasteiger partial charge in [-0.3, -0.25) is 0 Å². The minimum absolute atomic E-state index is 0.0453. The van der Waals surface area contributed by atoms with Crippen LogP contribution in [0.15, 0.2) is 18.2 Å². The second-order valence-corrected chi connectivity index (χ2v) is 3.21. The van der Waals surface area contributed by atoms with Crippen LogP contribution >= 0.6 is 0 Å². The Bertz CT molecular complexity index is 324. The molecule has 1 aromatic carbocycles. The Morgan fingerprint density at radius 3 is 2.50 bits per heavy atom. The van der Waals surface area contributed by atoms with Gasteiger partial charge in [0.2, 0.25) is 0 Å². The number of nitrogens with two attached hydrogens (primary N) is 1. The van der Waals surface area contributed by atoms with Crippen molar-refractivity contribution in [3.05, 3.63) is 35.4 Å². The van der Waals surface area contributed by atoms with E-state index in [-0.39, 0.29) is 18.5 Å². The van der Waals surface area contributed by atoms with Gasteiger partial charge in [0.05, 0.1) is 0 Å². The molecule has 0 fully saturated rings. The van der Waals surface area contributed by atoms with Crippen LogP contribution < -0.4 is 5.73 Å². The van der Waals surface area contributed by atoms with E-state index in [1.807, 2.05) is 0 Å². The number of rotatable bonds is 3. The van der Waals surface area contributed by atoms with E-state index in [0.717, 1.165) is 12.1 Å². The quantitative estimate of drug-likeness (QED) is 0.778. The van der Waals surface area contributed by atoms with Crippen molar-refractivity contribution in [1.82, 2.24) is 0 Å². The molecule has 0 radical (unpaired) electrons. The normalized spacial score (nSPS) is 15.2. The van der Waals surface area contributed by atoms with E-state index in [1.165, 1.54) is 6.07 Å². The van der Waals surface area contributed by atoms with Crippen molar-refractivity contribution in [2.24, 2.45) is 5.73 Å². The molecule has 0 saturated carbocycles. The summed E-state index contributed by atoms with van der Waals surface area (Å²) >= 11 is 0. The molecule has 0 bridgehead atoms. The summed E-state index contributed by atoms with van der Waals surface area (Å²) in [4.78, 5) is 0. The van der Waals surface area contributed by atoms with Crippen LogP contribution in [0.1, 0.15) is 18.9 Å². The summed E-state index contributed by atoms with van der Waals surface area (Å²) in [6.07, 6.45) is 0.284. The summed E-state index contributed by atoms with van der Waals surface area (Å²) in [6.45, 7) is 1.60. The second-order valence-electron chi connectivity index (χ2n) is 3.21. The largest absolute Gasteiger partial charge is 0.384 e. The lowest BCUT2D eigenvalue weighted by Crippen LogP contribution is -2.35. The number of benzene rings is 1. The lowest BCUT2D eigenvalue weighted by molar-refractivity contribution is 0.0381. The van der Waals surface area contributed by atoms with Crippen molar-refractivity contribution in [2.45, 2.75) is 18.9 Å². The first kappa shape index (κ1) is 11.1. The van der Waals surface area contributed by atoms with Crippen molar-refractivity contribution in [1.29, 1.82) is 0 Å². The zero-order chi connectivity index (χ0) is 10.8. The molecule has 3 N–H and O–H groups in total. The van der Waals surface area contributed by atoms with Gasteiger partial charge >= 0.3 is 0 Å². The monoisotopic (exact) mass is 201 g/mol. The molecule has 78 valence electrons. The van der Waals surface area contributed by atoms with Crippen molar-refractivity contribution < 1.29 is 13.9 Å². The van der Waals surface area contributed by atoms with E-state index in [2.05, 4.69) is 0 Å². The molecule has 0 aliphatic rings. The molecule has 1 aromatic rings. The number of hydrogen-bond acceptors (Lipinski definition) is 2. The summed E-state index contributed by atoms with van der Waals surface area (Å²) in [5.74, 6) is -1.43. The number of aliphatic hydroxyl groups is 1. The SMILES string of the molecule is CCC(O)(CN)c1ccc(F)cc1F. The van der Waals surface area contributed by atoms with Crippen LogP contribution in [0.3, 0.4) is 0 Å². The zero-order valence-corrected chi connectivity index (χ0v) is 7.93. The van der Waals surface area contributed by atoms with E-state index in [4.69, 9.17) is 5.73 Å². The first-order valence-corrected chi connectivity index (χ1v) is 4.41. The van der Waals surface area contributed by atoms with Crippen molar-refractivity contribution >= 4 is 0 Å². The van der Waals surface area contributed by atoms with Gasteiger partial charge in [-0.15, -0.1) is 0 Å². The maximum atomic E-state index is 13.3. The topological polar surface area (TPSA) is 46.2 Å². The van der Waals surface area contributed by atoms with Gasteiger partial charge in [-0.05, 0) is 12.5 Å². The summed E-state index contributed by atoms with van der Waals surface area (Å²) in [7, 11) is 0. The number of hydrogen-bond donors (Lipinski definition) is 2. The summed E-state index contributed by atoms with van der Waals surface area (Å²) in [6, 6.07) is 3.07. The smallest absolute Gasteiger partial charge is 0.132 e. The molecule has 1 unspecified atom stereocenters. The molecule has 4 heteroatoms. The van der Waals surface area contributed by atoms with Gasteiger partial charge in [0.15, 0.2) is 0 Å². The third-order valence-corrected chi connectivity index (χ3v) is 2.36. The highest BCUT2D eigenvalue weighted by Gasteiger charge is 2.28. The number of halogens is 2. The zero-order valence-electron chi connectivity index (χ0n) is 7.93. The molecular formula is C10H13F2NO. The molecule has 2 nitrogen and oxygen atoms in total.